The Morgan fingerprint density at radius 1 is 1.10 bits per heavy atom. The van der Waals surface area contributed by atoms with Crippen molar-refractivity contribution in [3.8, 4) is 0 Å². The van der Waals surface area contributed by atoms with Gasteiger partial charge in [0.1, 0.15) is 0 Å². The molecule has 1 aromatic carbocycles. The third kappa shape index (κ3) is 4.57. The average Bonchev–Trinajstić information content (AvgIpc) is 3.37. The van der Waals surface area contributed by atoms with Gasteiger partial charge in [0.05, 0.1) is 0 Å². The van der Waals surface area contributed by atoms with Crippen LogP contribution in [0.4, 0.5) is 0 Å². The minimum Gasteiger partial charge on any atom is -0.356 e. The second-order valence-corrected chi connectivity index (χ2v) is 6.54. The van der Waals surface area contributed by atoms with Gasteiger partial charge in [0.15, 0.2) is 0 Å². The molecule has 1 heterocycles. The van der Waals surface area contributed by atoms with Gasteiger partial charge >= 0.3 is 0 Å². The molecule has 3 rings (SSSR count). The average molecular weight is 286 g/mol. The Balaban J connectivity index is 1.32. The Labute approximate surface area is 127 Å². The lowest BCUT2D eigenvalue weighted by Gasteiger charge is -2.32. The van der Waals surface area contributed by atoms with Crippen LogP contribution < -0.4 is 5.32 Å². The highest BCUT2D eigenvalue weighted by molar-refractivity contribution is 5.80. The molecule has 1 aliphatic carbocycles. The molecule has 1 saturated heterocycles. The van der Waals surface area contributed by atoms with Crippen LogP contribution in [0.3, 0.4) is 0 Å². The van der Waals surface area contributed by atoms with E-state index in [4.69, 9.17) is 0 Å². The Hall–Kier alpha value is -1.35. The molecule has 3 heteroatoms. The molecule has 1 saturated carbocycles. The highest BCUT2D eigenvalue weighted by Gasteiger charge is 2.30. The van der Waals surface area contributed by atoms with E-state index >= 15 is 0 Å². The summed E-state index contributed by atoms with van der Waals surface area (Å²) in [5.41, 5.74) is 1.43. The minimum atomic E-state index is 0.293. The van der Waals surface area contributed by atoms with Crippen LogP contribution in [-0.2, 0) is 11.2 Å². The smallest absolute Gasteiger partial charge is 0.223 e. The zero-order chi connectivity index (χ0) is 14.5. The van der Waals surface area contributed by atoms with Crippen LogP contribution in [0.1, 0.15) is 31.2 Å². The minimum absolute atomic E-state index is 0.293. The molecule has 0 radical (unpaired) electrons. The van der Waals surface area contributed by atoms with E-state index in [0.717, 1.165) is 32.4 Å². The molecule has 2 aliphatic rings. The molecule has 1 aromatic rings. The lowest BCUT2D eigenvalue weighted by atomic mass is 9.96. The van der Waals surface area contributed by atoms with Crippen molar-refractivity contribution in [3.63, 3.8) is 0 Å². The van der Waals surface area contributed by atoms with Gasteiger partial charge < -0.3 is 10.2 Å². The Bertz CT molecular complexity index is 448. The van der Waals surface area contributed by atoms with Crippen LogP contribution in [0.25, 0.3) is 0 Å². The van der Waals surface area contributed by atoms with Crippen LogP contribution in [-0.4, -0.2) is 37.0 Å². The van der Waals surface area contributed by atoms with Crippen molar-refractivity contribution in [2.24, 2.45) is 11.8 Å². The van der Waals surface area contributed by atoms with Crippen LogP contribution in [0.2, 0.25) is 0 Å². The van der Waals surface area contributed by atoms with E-state index < -0.39 is 0 Å². The summed E-state index contributed by atoms with van der Waals surface area (Å²) < 4.78 is 0. The maximum absolute atomic E-state index is 11.7. The van der Waals surface area contributed by atoms with Crippen LogP contribution >= 0.6 is 0 Å². The number of hydrogen-bond acceptors (Lipinski definition) is 2. The van der Waals surface area contributed by atoms with E-state index in [1.807, 2.05) is 0 Å². The number of amides is 1. The van der Waals surface area contributed by atoms with Crippen molar-refractivity contribution in [2.75, 3.05) is 26.2 Å². The standard InChI is InChI=1S/C18H26N2O/c21-18(17-6-7-17)19-14-16-9-12-20(13-10-16)11-8-15-4-2-1-3-5-15/h1-5,16-17H,6-14H2,(H,19,21). The molecular weight excluding hydrogens is 260 g/mol. The molecule has 1 aliphatic heterocycles. The summed E-state index contributed by atoms with van der Waals surface area (Å²) in [4.78, 5) is 14.2. The lowest BCUT2D eigenvalue weighted by Crippen LogP contribution is -2.39. The van der Waals surface area contributed by atoms with E-state index in [2.05, 4.69) is 40.5 Å². The molecule has 0 atom stereocenters. The van der Waals surface area contributed by atoms with Crippen molar-refractivity contribution in [3.05, 3.63) is 35.9 Å². The van der Waals surface area contributed by atoms with Gasteiger partial charge in [-0.05, 0) is 56.7 Å². The van der Waals surface area contributed by atoms with Gasteiger partial charge in [-0.25, -0.2) is 0 Å². The number of carbonyl (C=O) groups is 1. The highest BCUT2D eigenvalue weighted by Crippen LogP contribution is 2.29. The molecular formula is C18H26N2O. The van der Waals surface area contributed by atoms with Gasteiger partial charge in [0.25, 0.3) is 0 Å². The third-order valence-corrected chi connectivity index (χ3v) is 4.78. The molecule has 1 amide bonds. The van der Waals surface area contributed by atoms with Crippen molar-refractivity contribution in [2.45, 2.75) is 32.1 Å². The summed E-state index contributed by atoms with van der Waals surface area (Å²) >= 11 is 0. The Kier molecular flexibility index (Phi) is 4.91. The number of hydrogen-bond donors (Lipinski definition) is 1. The van der Waals surface area contributed by atoms with Crippen molar-refractivity contribution >= 4 is 5.91 Å². The van der Waals surface area contributed by atoms with Gasteiger partial charge in [-0.3, -0.25) is 4.79 Å². The molecule has 0 spiro atoms. The number of likely N-dealkylation sites (tertiary alicyclic amines) is 1. The molecule has 0 bridgehead atoms. The predicted octanol–water partition coefficient (Wildman–Crippen LogP) is 2.47. The number of benzene rings is 1. The van der Waals surface area contributed by atoms with Gasteiger partial charge in [-0.1, -0.05) is 30.3 Å². The summed E-state index contributed by atoms with van der Waals surface area (Å²) in [6.45, 7) is 4.40. The molecule has 2 fully saturated rings. The Morgan fingerprint density at radius 3 is 2.48 bits per heavy atom. The zero-order valence-corrected chi connectivity index (χ0v) is 12.8. The topological polar surface area (TPSA) is 32.3 Å². The van der Waals surface area contributed by atoms with Crippen molar-refractivity contribution < 1.29 is 4.79 Å². The van der Waals surface area contributed by atoms with Gasteiger partial charge in [-0.2, -0.15) is 0 Å². The molecule has 0 unspecified atom stereocenters. The number of nitrogens with zero attached hydrogens (tertiary/aromatic N) is 1. The highest BCUT2D eigenvalue weighted by atomic mass is 16.2. The largest absolute Gasteiger partial charge is 0.356 e. The van der Waals surface area contributed by atoms with Gasteiger partial charge in [0, 0.05) is 19.0 Å². The second-order valence-electron chi connectivity index (χ2n) is 6.54. The summed E-state index contributed by atoms with van der Waals surface area (Å²) in [6.07, 6.45) is 5.79. The SMILES string of the molecule is O=C(NCC1CCN(CCc2ccccc2)CC1)C1CC1. The van der Waals surface area contributed by atoms with E-state index in [9.17, 15) is 4.79 Å². The van der Waals surface area contributed by atoms with Crippen molar-refractivity contribution in [1.29, 1.82) is 0 Å². The lowest BCUT2D eigenvalue weighted by molar-refractivity contribution is -0.122. The van der Waals surface area contributed by atoms with Crippen molar-refractivity contribution in [1.82, 2.24) is 10.2 Å². The number of piperidine rings is 1. The fourth-order valence-electron chi connectivity index (χ4n) is 3.08. The first-order chi connectivity index (χ1) is 10.3. The number of carbonyl (C=O) groups excluding carboxylic acids is 1. The van der Waals surface area contributed by atoms with Gasteiger partial charge in [0.2, 0.25) is 5.91 Å². The zero-order valence-electron chi connectivity index (χ0n) is 12.8. The molecule has 114 valence electrons. The van der Waals surface area contributed by atoms with E-state index in [1.165, 1.54) is 31.5 Å². The molecule has 0 aromatic heterocycles. The first-order valence-electron chi connectivity index (χ1n) is 8.35. The fourth-order valence-corrected chi connectivity index (χ4v) is 3.08. The first kappa shape index (κ1) is 14.6. The Morgan fingerprint density at radius 2 is 1.81 bits per heavy atom. The molecule has 3 nitrogen and oxygen atoms in total. The number of rotatable bonds is 6. The summed E-state index contributed by atoms with van der Waals surface area (Å²) in [6, 6.07) is 10.7. The quantitative estimate of drug-likeness (QED) is 0.871. The van der Waals surface area contributed by atoms with Gasteiger partial charge in [-0.15, -0.1) is 0 Å². The molecule has 21 heavy (non-hydrogen) atoms. The monoisotopic (exact) mass is 286 g/mol. The normalized spacial score (nSPS) is 20.4. The van der Waals surface area contributed by atoms with Crippen LogP contribution in [0.15, 0.2) is 30.3 Å². The van der Waals surface area contributed by atoms with Crippen LogP contribution in [0.5, 0.6) is 0 Å². The third-order valence-electron chi connectivity index (χ3n) is 4.78. The maximum atomic E-state index is 11.7. The summed E-state index contributed by atoms with van der Waals surface area (Å²) in [5.74, 6) is 1.32. The summed E-state index contributed by atoms with van der Waals surface area (Å²) in [7, 11) is 0. The first-order valence-corrected chi connectivity index (χ1v) is 8.35. The van der Waals surface area contributed by atoms with E-state index in [-0.39, 0.29) is 0 Å². The summed E-state index contributed by atoms with van der Waals surface area (Å²) in [5, 5.41) is 3.13. The van der Waals surface area contributed by atoms with E-state index in [0.29, 0.717) is 17.7 Å². The van der Waals surface area contributed by atoms with E-state index in [1.54, 1.807) is 0 Å². The molecule has 1 N–H and O–H groups in total. The predicted molar refractivity (Wildman–Crippen MR) is 85.0 cm³/mol. The van der Waals surface area contributed by atoms with Crippen LogP contribution in [0, 0.1) is 11.8 Å². The number of nitrogens with one attached hydrogen (secondary N) is 1. The fraction of sp³-hybridized carbons (Fsp3) is 0.611. The maximum Gasteiger partial charge on any atom is 0.223 e. The second kappa shape index (κ2) is 7.08.